The van der Waals surface area contributed by atoms with E-state index in [1.807, 2.05) is 24.3 Å². The van der Waals surface area contributed by atoms with E-state index in [1.54, 1.807) is 0 Å². The number of nitrogens with one attached hydrogen (secondary N) is 1. The lowest BCUT2D eigenvalue weighted by Crippen LogP contribution is -2.17. The summed E-state index contributed by atoms with van der Waals surface area (Å²) < 4.78 is 17.2. The van der Waals surface area contributed by atoms with Crippen LogP contribution >= 0.6 is 0 Å². The molecule has 1 aliphatic rings. The van der Waals surface area contributed by atoms with E-state index in [0.717, 1.165) is 17.4 Å². The molecular formula is C13H18FNO. The van der Waals surface area contributed by atoms with Crippen LogP contribution in [0.4, 0.5) is 10.1 Å². The van der Waals surface area contributed by atoms with Gasteiger partial charge in [0.05, 0.1) is 0 Å². The number of halogens is 1. The van der Waals surface area contributed by atoms with Crippen LogP contribution in [0, 0.1) is 5.92 Å². The molecule has 0 radical (unpaired) electrons. The van der Waals surface area contributed by atoms with E-state index in [4.69, 9.17) is 4.74 Å². The molecule has 1 aromatic carbocycles. The van der Waals surface area contributed by atoms with E-state index >= 15 is 0 Å². The largest absolute Gasteiger partial charge is 0.491 e. The van der Waals surface area contributed by atoms with Crippen LogP contribution in [-0.2, 0) is 0 Å². The van der Waals surface area contributed by atoms with E-state index in [-0.39, 0.29) is 6.61 Å². The van der Waals surface area contributed by atoms with E-state index in [9.17, 15) is 4.39 Å². The van der Waals surface area contributed by atoms with Gasteiger partial charge < -0.3 is 10.1 Å². The molecule has 0 spiro atoms. The zero-order valence-corrected chi connectivity index (χ0v) is 9.58. The summed E-state index contributed by atoms with van der Waals surface area (Å²) in [6.07, 6.45) is 2.65. The van der Waals surface area contributed by atoms with Crippen molar-refractivity contribution in [3.8, 4) is 5.75 Å². The Morgan fingerprint density at radius 2 is 2.31 bits per heavy atom. The molecule has 1 aromatic rings. The molecular weight excluding hydrogens is 205 g/mol. The first-order chi connectivity index (χ1) is 7.79. The van der Waals surface area contributed by atoms with E-state index in [0.29, 0.717) is 6.04 Å². The lowest BCUT2D eigenvalue weighted by Gasteiger charge is -2.15. The summed E-state index contributed by atoms with van der Waals surface area (Å²) in [6, 6.07) is 8.23. The highest BCUT2D eigenvalue weighted by Gasteiger charge is 2.27. The van der Waals surface area contributed by atoms with Gasteiger partial charge in [0.2, 0.25) is 0 Å². The zero-order chi connectivity index (χ0) is 11.4. The molecule has 0 amide bonds. The van der Waals surface area contributed by atoms with Gasteiger partial charge in [0.1, 0.15) is 19.0 Å². The van der Waals surface area contributed by atoms with Crippen molar-refractivity contribution >= 4 is 5.69 Å². The average molecular weight is 223 g/mol. The number of ether oxygens (including phenoxy) is 1. The number of hydrogen-bond donors (Lipinski definition) is 1. The topological polar surface area (TPSA) is 21.3 Å². The van der Waals surface area contributed by atoms with Gasteiger partial charge in [-0.25, -0.2) is 4.39 Å². The van der Waals surface area contributed by atoms with E-state index < -0.39 is 6.67 Å². The highest BCUT2D eigenvalue weighted by molar-refractivity contribution is 5.49. The Morgan fingerprint density at radius 3 is 3.00 bits per heavy atom. The van der Waals surface area contributed by atoms with Crippen LogP contribution in [0.5, 0.6) is 5.75 Å². The molecule has 2 nitrogen and oxygen atoms in total. The fraction of sp³-hybridized carbons (Fsp3) is 0.538. The summed E-state index contributed by atoms with van der Waals surface area (Å²) in [5.74, 6) is 1.54. The van der Waals surface area contributed by atoms with Crippen molar-refractivity contribution in [3.63, 3.8) is 0 Å². The third-order valence-corrected chi connectivity index (χ3v) is 2.90. The minimum Gasteiger partial charge on any atom is -0.491 e. The van der Waals surface area contributed by atoms with Crippen molar-refractivity contribution in [2.24, 2.45) is 5.92 Å². The minimum atomic E-state index is -0.448. The maximum absolute atomic E-state index is 12.0. The van der Waals surface area contributed by atoms with Gasteiger partial charge in [-0.2, -0.15) is 0 Å². The first-order valence-corrected chi connectivity index (χ1v) is 5.85. The fourth-order valence-electron chi connectivity index (χ4n) is 1.81. The van der Waals surface area contributed by atoms with E-state index in [1.165, 1.54) is 12.8 Å². The Bertz CT molecular complexity index is 338. The molecule has 0 aliphatic heterocycles. The molecule has 1 N–H and O–H groups in total. The second-order valence-electron chi connectivity index (χ2n) is 4.34. The molecule has 0 saturated heterocycles. The van der Waals surface area contributed by atoms with Gasteiger partial charge in [-0.3, -0.25) is 0 Å². The number of alkyl halides is 1. The van der Waals surface area contributed by atoms with Crippen molar-refractivity contribution in [2.45, 2.75) is 25.8 Å². The molecule has 0 heterocycles. The number of rotatable bonds is 6. The van der Waals surface area contributed by atoms with Gasteiger partial charge in [-0.05, 0) is 37.8 Å². The standard InChI is InChI=1S/C13H18FNO/c1-10(11-5-6-11)15-12-3-2-4-13(9-12)16-8-7-14/h2-4,9-11,15H,5-8H2,1H3. The van der Waals surface area contributed by atoms with Crippen molar-refractivity contribution in [3.05, 3.63) is 24.3 Å². The quantitative estimate of drug-likeness (QED) is 0.799. The van der Waals surface area contributed by atoms with Crippen LogP contribution in [0.2, 0.25) is 0 Å². The predicted molar refractivity (Wildman–Crippen MR) is 63.7 cm³/mol. The molecule has 0 bridgehead atoms. The van der Waals surface area contributed by atoms with Gasteiger partial charge in [-0.15, -0.1) is 0 Å². The molecule has 16 heavy (non-hydrogen) atoms. The Morgan fingerprint density at radius 1 is 1.50 bits per heavy atom. The predicted octanol–water partition coefficient (Wildman–Crippen LogP) is 3.25. The number of benzene rings is 1. The monoisotopic (exact) mass is 223 g/mol. The first-order valence-electron chi connectivity index (χ1n) is 5.85. The summed E-state index contributed by atoms with van der Waals surface area (Å²) in [5.41, 5.74) is 1.05. The fourth-order valence-corrected chi connectivity index (χ4v) is 1.81. The Kier molecular flexibility index (Phi) is 3.65. The van der Waals surface area contributed by atoms with Crippen LogP contribution in [0.1, 0.15) is 19.8 Å². The van der Waals surface area contributed by atoms with Gasteiger partial charge in [0, 0.05) is 17.8 Å². The average Bonchev–Trinajstić information content (AvgIpc) is 3.10. The third kappa shape index (κ3) is 3.12. The second-order valence-corrected chi connectivity index (χ2v) is 4.34. The Balaban J connectivity index is 1.92. The number of anilines is 1. The lowest BCUT2D eigenvalue weighted by atomic mass is 10.2. The molecule has 1 fully saturated rings. The highest BCUT2D eigenvalue weighted by Crippen LogP contribution is 2.34. The molecule has 1 saturated carbocycles. The van der Waals surface area contributed by atoms with Crippen LogP contribution in [-0.4, -0.2) is 19.3 Å². The number of hydrogen-bond acceptors (Lipinski definition) is 2. The summed E-state index contributed by atoms with van der Waals surface area (Å²) in [5, 5.41) is 3.45. The Hall–Kier alpha value is -1.25. The SMILES string of the molecule is CC(Nc1cccc(OCCF)c1)C1CC1. The molecule has 1 aliphatic carbocycles. The molecule has 88 valence electrons. The smallest absolute Gasteiger partial charge is 0.123 e. The minimum absolute atomic E-state index is 0.127. The third-order valence-electron chi connectivity index (χ3n) is 2.90. The van der Waals surface area contributed by atoms with Crippen molar-refractivity contribution in [1.82, 2.24) is 0 Å². The summed E-state index contributed by atoms with van der Waals surface area (Å²) >= 11 is 0. The molecule has 1 atom stereocenters. The van der Waals surface area contributed by atoms with Crippen LogP contribution in [0.25, 0.3) is 0 Å². The van der Waals surface area contributed by atoms with Crippen LogP contribution in [0.15, 0.2) is 24.3 Å². The van der Waals surface area contributed by atoms with E-state index in [2.05, 4.69) is 12.2 Å². The Labute approximate surface area is 95.8 Å². The maximum atomic E-state index is 12.0. The molecule has 0 aromatic heterocycles. The summed E-state index contributed by atoms with van der Waals surface area (Å²) in [4.78, 5) is 0. The first kappa shape index (κ1) is 11.2. The van der Waals surface area contributed by atoms with Crippen LogP contribution < -0.4 is 10.1 Å². The van der Waals surface area contributed by atoms with Crippen LogP contribution in [0.3, 0.4) is 0 Å². The molecule has 2 rings (SSSR count). The second kappa shape index (κ2) is 5.19. The summed E-state index contributed by atoms with van der Waals surface area (Å²) in [6.45, 7) is 1.88. The lowest BCUT2D eigenvalue weighted by molar-refractivity contribution is 0.273. The highest BCUT2D eigenvalue weighted by atomic mass is 19.1. The van der Waals surface area contributed by atoms with Gasteiger partial charge in [-0.1, -0.05) is 6.07 Å². The molecule has 3 heteroatoms. The molecule has 1 unspecified atom stereocenters. The van der Waals surface area contributed by atoms with Gasteiger partial charge in [0.25, 0.3) is 0 Å². The summed E-state index contributed by atoms with van der Waals surface area (Å²) in [7, 11) is 0. The van der Waals surface area contributed by atoms with Gasteiger partial charge >= 0.3 is 0 Å². The zero-order valence-electron chi connectivity index (χ0n) is 9.58. The van der Waals surface area contributed by atoms with Crippen molar-refractivity contribution in [1.29, 1.82) is 0 Å². The maximum Gasteiger partial charge on any atom is 0.123 e. The van der Waals surface area contributed by atoms with Gasteiger partial charge in [0.15, 0.2) is 0 Å². The normalized spacial score (nSPS) is 16.9. The van der Waals surface area contributed by atoms with Crippen molar-refractivity contribution in [2.75, 3.05) is 18.6 Å². The van der Waals surface area contributed by atoms with Crippen molar-refractivity contribution < 1.29 is 9.13 Å².